The van der Waals surface area contributed by atoms with Gasteiger partial charge in [-0.25, -0.2) is 13.4 Å². The van der Waals surface area contributed by atoms with Crippen LogP contribution in [0.2, 0.25) is 5.28 Å². The minimum absolute atomic E-state index is 0.0550. The standard InChI is InChI=1S/C13H16ClN3O4S/c1-22(18,19)13(2-3-13)10-9-11(16-12(14)15-10)17-4-5-20-6-8(17)7-21-9/h8H,2-7H2,1H3/t8-/m0/s1. The van der Waals surface area contributed by atoms with Gasteiger partial charge < -0.3 is 14.4 Å². The summed E-state index contributed by atoms with van der Waals surface area (Å²) in [6, 6.07) is 0.0773. The zero-order valence-electron chi connectivity index (χ0n) is 12.1. The SMILES string of the molecule is CS(=O)(=O)C1(c2nc(Cl)nc3c2OC[C@@H]2COCCN32)CC1. The second kappa shape index (κ2) is 4.69. The maximum Gasteiger partial charge on any atom is 0.224 e. The Morgan fingerprint density at radius 1 is 1.32 bits per heavy atom. The van der Waals surface area contributed by atoms with Crippen molar-refractivity contribution in [2.75, 3.05) is 37.5 Å². The number of anilines is 1. The Kier molecular flexibility index (Phi) is 3.08. The van der Waals surface area contributed by atoms with Gasteiger partial charge in [0.1, 0.15) is 17.0 Å². The van der Waals surface area contributed by atoms with E-state index in [2.05, 4.69) is 14.9 Å². The van der Waals surface area contributed by atoms with Gasteiger partial charge in [0.15, 0.2) is 21.4 Å². The van der Waals surface area contributed by atoms with Crippen LogP contribution in [0.4, 0.5) is 5.82 Å². The van der Waals surface area contributed by atoms with E-state index in [9.17, 15) is 8.42 Å². The fourth-order valence-electron chi connectivity index (χ4n) is 3.20. The van der Waals surface area contributed by atoms with Gasteiger partial charge in [-0.15, -0.1) is 0 Å². The molecule has 1 saturated carbocycles. The molecule has 0 aromatic carbocycles. The molecule has 1 aromatic heterocycles. The largest absolute Gasteiger partial charge is 0.486 e. The Morgan fingerprint density at radius 2 is 2.09 bits per heavy atom. The molecule has 0 radical (unpaired) electrons. The molecule has 0 spiro atoms. The summed E-state index contributed by atoms with van der Waals surface area (Å²) in [6.07, 6.45) is 2.33. The fraction of sp³-hybridized carbons (Fsp3) is 0.692. The lowest BCUT2D eigenvalue weighted by Crippen LogP contribution is -2.52. The van der Waals surface area contributed by atoms with E-state index >= 15 is 0 Å². The quantitative estimate of drug-likeness (QED) is 0.732. The van der Waals surface area contributed by atoms with Crippen molar-refractivity contribution in [3.05, 3.63) is 11.0 Å². The van der Waals surface area contributed by atoms with Crippen molar-refractivity contribution in [2.24, 2.45) is 0 Å². The molecule has 0 N–H and O–H groups in total. The first-order chi connectivity index (χ1) is 10.4. The molecule has 2 aliphatic heterocycles. The number of aromatic nitrogens is 2. The van der Waals surface area contributed by atoms with Crippen LogP contribution in [-0.2, 0) is 19.3 Å². The Balaban J connectivity index is 1.87. The Bertz CT molecular complexity index is 735. The summed E-state index contributed by atoms with van der Waals surface area (Å²) in [4.78, 5) is 10.6. The van der Waals surface area contributed by atoms with Crippen LogP contribution in [0.25, 0.3) is 0 Å². The highest BCUT2D eigenvalue weighted by atomic mass is 35.5. The van der Waals surface area contributed by atoms with Crippen molar-refractivity contribution in [1.29, 1.82) is 0 Å². The average Bonchev–Trinajstić information content (AvgIpc) is 3.27. The minimum atomic E-state index is -3.30. The number of nitrogens with zero attached hydrogens (tertiary/aromatic N) is 3. The summed E-state index contributed by atoms with van der Waals surface area (Å²) in [6.45, 7) is 2.28. The van der Waals surface area contributed by atoms with Crippen molar-refractivity contribution in [1.82, 2.24) is 9.97 Å². The van der Waals surface area contributed by atoms with Gasteiger partial charge in [-0.2, -0.15) is 4.98 Å². The third kappa shape index (κ3) is 2.00. The highest BCUT2D eigenvalue weighted by Gasteiger charge is 2.57. The summed E-state index contributed by atoms with van der Waals surface area (Å²) in [7, 11) is -3.30. The van der Waals surface area contributed by atoms with Crippen LogP contribution in [-0.4, -0.2) is 57.0 Å². The zero-order valence-corrected chi connectivity index (χ0v) is 13.7. The van der Waals surface area contributed by atoms with Crippen LogP contribution >= 0.6 is 11.6 Å². The number of hydrogen-bond acceptors (Lipinski definition) is 7. The van der Waals surface area contributed by atoms with Gasteiger partial charge >= 0.3 is 0 Å². The van der Waals surface area contributed by atoms with E-state index in [1.807, 2.05) is 0 Å². The van der Waals surface area contributed by atoms with Crippen molar-refractivity contribution in [3.8, 4) is 5.75 Å². The topological polar surface area (TPSA) is 81.6 Å². The third-order valence-corrected chi connectivity index (χ3v) is 6.78. The maximum absolute atomic E-state index is 12.2. The molecule has 1 atom stereocenters. The van der Waals surface area contributed by atoms with Gasteiger partial charge in [0.25, 0.3) is 0 Å². The smallest absolute Gasteiger partial charge is 0.224 e. The minimum Gasteiger partial charge on any atom is -0.486 e. The highest BCUT2D eigenvalue weighted by molar-refractivity contribution is 7.92. The normalized spacial score (nSPS) is 25.9. The molecule has 0 amide bonds. The van der Waals surface area contributed by atoms with Crippen LogP contribution < -0.4 is 9.64 Å². The number of morpholine rings is 1. The lowest BCUT2D eigenvalue weighted by molar-refractivity contribution is 0.0692. The molecule has 1 aliphatic carbocycles. The fourth-order valence-corrected chi connectivity index (χ4v) is 4.69. The second-order valence-corrected chi connectivity index (χ2v) is 8.66. The summed E-state index contributed by atoms with van der Waals surface area (Å²) >= 11 is 6.07. The predicted octanol–water partition coefficient (Wildman–Crippen LogP) is 0.761. The molecule has 3 aliphatic rings. The van der Waals surface area contributed by atoms with Gasteiger partial charge in [0, 0.05) is 12.8 Å². The van der Waals surface area contributed by atoms with Crippen molar-refractivity contribution in [3.63, 3.8) is 0 Å². The van der Waals surface area contributed by atoms with Gasteiger partial charge in [0.2, 0.25) is 5.28 Å². The number of hydrogen-bond donors (Lipinski definition) is 0. The van der Waals surface area contributed by atoms with Gasteiger partial charge in [-0.3, -0.25) is 0 Å². The number of fused-ring (bicyclic) bond motifs is 3. The third-order valence-electron chi connectivity index (χ3n) is 4.59. The summed E-state index contributed by atoms with van der Waals surface area (Å²) in [5, 5.41) is 0.0550. The number of sulfone groups is 1. The molecule has 1 saturated heterocycles. The highest BCUT2D eigenvalue weighted by Crippen LogP contribution is 2.56. The molecule has 1 aromatic rings. The Hall–Kier alpha value is -1.12. The molecular weight excluding hydrogens is 330 g/mol. The molecule has 3 heterocycles. The lowest BCUT2D eigenvalue weighted by atomic mass is 10.1. The molecule has 120 valence electrons. The molecule has 2 fully saturated rings. The molecule has 4 rings (SSSR count). The lowest BCUT2D eigenvalue weighted by Gasteiger charge is -2.41. The van der Waals surface area contributed by atoms with E-state index < -0.39 is 14.6 Å². The average molecular weight is 346 g/mol. The van der Waals surface area contributed by atoms with Crippen LogP contribution in [0.3, 0.4) is 0 Å². The zero-order chi connectivity index (χ0) is 15.5. The maximum atomic E-state index is 12.2. The molecule has 7 nitrogen and oxygen atoms in total. The molecular formula is C13H16ClN3O4S. The number of ether oxygens (including phenoxy) is 2. The Morgan fingerprint density at radius 3 is 2.77 bits per heavy atom. The number of rotatable bonds is 2. The van der Waals surface area contributed by atoms with Crippen LogP contribution in [0.1, 0.15) is 18.5 Å². The van der Waals surface area contributed by atoms with E-state index in [1.165, 1.54) is 6.26 Å². The summed E-state index contributed by atoms with van der Waals surface area (Å²) < 4.78 is 34.7. The molecule has 0 unspecified atom stereocenters. The number of halogens is 1. The van der Waals surface area contributed by atoms with E-state index in [1.54, 1.807) is 0 Å². The first-order valence-electron chi connectivity index (χ1n) is 7.17. The predicted molar refractivity (Wildman–Crippen MR) is 80.2 cm³/mol. The molecule has 9 heteroatoms. The first-order valence-corrected chi connectivity index (χ1v) is 9.44. The van der Waals surface area contributed by atoms with Crippen molar-refractivity contribution < 1.29 is 17.9 Å². The van der Waals surface area contributed by atoms with Gasteiger partial charge in [-0.05, 0) is 24.4 Å². The summed E-state index contributed by atoms with van der Waals surface area (Å²) in [5.74, 6) is 1.05. The van der Waals surface area contributed by atoms with Crippen LogP contribution in [0.5, 0.6) is 5.75 Å². The van der Waals surface area contributed by atoms with Crippen molar-refractivity contribution >= 4 is 27.3 Å². The van der Waals surface area contributed by atoms with Gasteiger partial charge in [-0.1, -0.05) is 0 Å². The summed E-state index contributed by atoms with van der Waals surface area (Å²) in [5.41, 5.74) is 0.412. The van der Waals surface area contributed by atoms with E-state index in [4.69, 9.17) is 21.1 Å². The van der Waals surface area contributed by atoms with E-state index in [-0.39, 0.29) is 11.3 Å². The van der Waals surface area contributed by atoms with Gasteiger partial charge in [0.05, 0.1) is 19.3 Å². The Labute approximate surface area is 133 Å². The van der Waals surface area contributed by atoms with E-state index in [0.29, 0.717) is 56.5 Å². The molecule has 22 heavy (non-hydrogen) atoms. The monoisotopic (exact) mass is 345 g/mol. The second-order valence-electron chi connectivity index (χ2n) is 5.99. The van der Waals surface area contributed by atoms with Crippen molar-refractivity contribution in [2.45, 2.75) is 23.6 Å². The van der Waals surface area contributed by atoms with Crippen LogP contribution in [0.15, 0.2) is 0 Å². The first kappa shape index (κ1) is 14.5. The van der Waals surface area contributed by atoms with Crippen LogP contribution in [0, 0.1) is 0 Å². The molecule has 0 bridgehead atoms. The van der Waals surface area contributed by atoms with E-state index in [0.717, 1.165) is 0 Å².